The molecule has 2 heterocycles. The van der Waals surface area contributed by atoms with Crippen molar-refractivity contribution < 1.29 is 181 Å². The maximum Gasteiger partial charge on any atom is 0.326 e. The molecular weight excluding hydrogens is 1970 g/mol. The van der Waals surface area contributed by atoms with Crippen LogP contribution in [0.1, 0.15) is 225 Å². The zero-order chi connectivity index (χ0) is 113. The van der Waals surface area contributed by atoms with E-state index in [9.17, 15) is 181 Å². The molecule has 2 aliphatic heterocycles. The molecule has 0 aromatic heterocycles. The lowest BCUT2D eigenvalue weighted by Gasteiger charge is -2.32. The second-order valence-electron chi connectivity index (χ2n) is 37.2. The van der Waals surface area contributed by atoms with E-state index >= 15 is 0 Å². The highest BCUT2D eigenvalue weighted by Crippen LogP contribution is 2.25. The van der Waals surface area contributed by atoms with Crippen molar-refractivity contribution in [1.82, 2.24) is 100 Å². The third kappa shape index (κ3) is 43.9. The van der Waals surface area contributed by atoms with E-state index in [1.165, 1.54) is 27.7 Å². The van der Waals surface area contributed by atoms with Crippen LogP contribution in [-0.4, -0.2) is 385 Å². The average molecular weight is 2120 g/mol. The first-order chi connectivity index (χ1) is 68.9. The molecule has 0 aromatic carbocycles. The third-order valence-electron chi connectivity index (χ3n) is 24.1. The van der Waals surface area contributed by atoms with Crippen molar-refractivity contribution in [3.63, 3.8) is 0 Å². The standard InChI is InChI=1S/C90H147N21O37/c1-15-40(6)66(105-82(139)56-21-18-36-110(56)88(145)55(20-16-17-35-91)102-78(135)52(26-32-61(122)123)99-77(134)51(25-31-60(120)121)98-76(133)50(24-30-59(118)119)96-71(128)41(7)92)83(140)108-68(46(12)113)85(142)100-49(23-29-58(116)117)75(132)94-42(8)72(129)93-43(9)73(130)97-53(27-33-62(124)125)80(137)107-67(45(11)112)84(141)95-44(10)74(131)106-70(48(14)115)87(144)109-69(47(13)114)86(143)101-54(28-34-63(126)127)79(136)103-64(38(2)3)89(146)111-37-19-22-57(111)81(138)104-65(39(4)5)90(147)148/h38-57,64-70,112-115H,15-37,91-92H2,1-14H3,(H,93,129)(H,94,132)(H,95,141)(H,96,128)(H,97,130)(H,98,133)(H,99,134)(H,100,142)(H,101,143)(H,102,135)(H,103,136)(H,104,138)(H,105,139)(H,106,131)(H,107,137)(H,108,140)(H,109,144)(H,116,117)(H,118,119)(H,120,121)(H,122,123)(H,124,125)(H,126,127)(H,147,148)/t40-,41-,42-,43-,44-,45+,46+,47+,48+,49-,50-,51-,52-,53-,54-,55-,56-,57-,64-,65-,66-,67-,68-,69-,70-/m0/s1. The number of nitrogens with one attached hydrogen (secondary N) is 17. The number of carboxylic acids is 7. The Kier molecular flexibility index (Phi) is 55.8. The predicted octanol–water partition coefficient (Wildman–Crippen LogP) is -10.1. The van der Waals surface area contributed by atoms with Crippen molar-refractivity contribution in [3.05, 3.63) is 0 Å². The number of aliphatic carboxylic acids is 7. The maximum absolute atomic E-state index is 14.8. The molecule has 2 rings (SSSR count). The normalized spacial score (nSPS) is 18.0. The van der Waals surface area contributed by atoms with Gasteiger partial charge in [0.15, 0.2) is 0 Å². The van der Waals surface area contributed by atoms with Gasteiger partial charge in [-0.1, -0.05) is 48.0 Å². The monoisotopic (exact) mass is 2110 g/mol. The number of aliphatic hydroxyl groups excluding tert-OH is 4. The fourth-order valence-corrected chi connectivity index (χ4v) is 15.2. The number of likely N-dealkylation sites (tertiary alicyclic amines) is 2. The smallest absolute Gasteiger partial charge is 0.326 e. The van der Waals surface area contributed by atoms with E-state index in [4.69, 9.17) is 11.5 Å². The first-order valence-electron chi connectivity index (χ1n) is 48.4. The van der Waals surface area contributed by atoms with Gasteiger partial charge in [-0.15, -0.1) is 0 Å². The summed E-state index contributed by atoms with van der Waals surface area (Å²) in [6.07, 6.45) is -15.6. The SMILES string of the molecule is CC[C@H](C)[C@H](NC(=O)[C@@H]1CCCN1C(=O)[C@H](CCCCN)NC(=O)[C@H](CCC(=O)O)NC(=O)[C@H](CCC(=O)O)NC(=O)[C@H](CCC(=O)O)NC(=O)[C@H](C)N)C(=O)N[C@H](C(=O)N[C@@H](CCC(=O)O)C(=O)N[C@@H](C)C(=O)N[C@@H](C)C(=O)N[C@@H](CCC(=O)O)C(=O)N[C@H](C(=O)N[C@@H](C)C(=O)N[C@H](C(=O)N[C@H](C(=O)N[C@@H](CCC(=O)O)C(=O)N[C@H](C(=O)N1CCC[C@H]1C(=O)N[C@H](C(=O)O)C(C)C)C(C)C)[C@@H](C)O)[C@@H](C)O)[C@@H](C)O)[C@@H](C)O. The van der Waals surface area contributed by atoms with Crippen LogP contribution in [0.25, 0.3) is 0 Å². The molecule has 148 heavy (non-hydrogen) atoms. The summed E-state index contributed by atoms with van der Waals surface area (Å²) in [6, 6.07) is -34.2. The number of rotatable bonds is 67. The van der Waals surface area contributed by atoms with Crippen LogP contribution < -0.4 is 102 Å². The van der Waals surface area contributed by atoms with Gasteiger partial charge in [0.2, 0.25) is 112 Å². The Morgan fingerprint density at radius 3 is 0.838 bits per heavy atom. The van der Waals surface area contributed by atoms with Gasteiger partial charge in [-0.25, -0.2) is 4.79 Å². The van der Waals surface area contributed by atoms with Crippen LogP contribution in [-0.2, 0) is 125 Å². The Balaban J connectivity index is 2.36. The molecule has 0 spiro atoms. The summed E-state index contributed by atoms with van der Waals surface area (Å²) >= 11 is 0. The molecule has 0 aromatic rings. The molecule has 2 fully saturated rings. The fraction of sp³-hybridized carbons (Fsp3) is 0.711. The minimum absolute atomic E-state index is 0.00988. The molecule has 2 aliphatic rings. The Morgan fingerprint density at radius 1 is 0.277 bits per heavy atom. The number of carboxylic acid groups (broad SMARTS) is 7. The Labute approximate surface area is 851 Å². The highest BCUT2D eigenvalue weighted by Gasteiger charge is 2.47. The van der Waals surface area contributed by atoms with Crippen LogP contribution in [0.15, 0.2) is 0 Å². The van der Waals surface area contributed by atoms with E-state index in [2.05, 4.69) is 90.4 Å². The molecule has 0 unspecified atom stereocenters. The van der Waals surface area contributed by atoms with Crippen LogP contribution >= 0.6 is 0 Å². The second-order valence-corrected chi connectivity index (χ2v) is 37.2. The van der Waals surface area contributed by atoms with Gasteiger partial charge in [0.25, 0.3) is 0 Å². The third-order valence-corrected chi connectivity index (χ3v) is 24.1. The van der Waals surface area contributed by atoms with Crippen LogP contribution in [0.5, 0.6) is 0 Å². The van der Waals surface area contributed by atoms with Gasteiger partial charge >= 0.3 is 41.8 Å². The first-order valence-corrected chi connectivity index (χ1v) is 48.4. The summed E-state index contributed by atoms with van der Waals surface area (Å²) in [6.45, 7) is 17.5. The van der Waals surface area contributed by atoms with Gasteiger partial charge in [-0.3, -0.25) is 120 Å². The van der Waals surface area contributed by atoms with Gasteiger partial charge in [0.05, 0.1) is 30.5 Å². The van der Waals surface area contributed by atoms with Crippen molar-refractivity contribution in [2.75, 3.05) is 19.6 Å². The van der Waals surface area contributed by atoms with Crippen molar-refractivity contribution in [2.24, 2.45) is 29.2 Å². The molecule has 19 amide bonds. The van der Waals surface area contributed by atoms with Gasteiger partial charge in [-0.2, -0.15) is 0 Å². The van der Waals surface area contributed by atoms with Crippen LogP contribution in [0.3, 0.4) is 0 Å². The van der Waals surface area contributed by atoms with E-state index in [1.807, 2.05) is 0 Å². The lowest BCUT2D eigenvalue weighted by atomic mass is 9.96. The molecule has 2 saturated heterocycles. The van der Waals surface area contributed by atoms with Crippen molar-refractivity contribution in [2.45, 2.75) is 371 Å². The summed E-state index contributed by atoms with van der Waals surface area (Å²) in [4.78, 5) is 350. The van der Waals surface area contributed by atoms with E-state index in [0.717, 1.165) is 58.3 Å². The molecule has 58 nitrogen and oxygen atoms in total. The Hall–Kier alpha value is -14.0. The molecule has 0 saturated carbocycles. The number of unbranched alkanes of at least 4 members (excludes halogenated alkanes) is 1. The number of hydrogen-bond acceptors (Lipinski definition) is 32. The van der Waals surface area contributed by atoms with Crippen molar-refractivity contribution in [1.29, 1.82) is 0 Å². The number of nitrogens with zero attached hydrogens (tertiary/aromatic N) is 2. The minimum atomic E-state index is -2.08. The van der Waals surface area contributed by atoms with E-state index in [-0.39, 0.29) is 64.6 Å². The van der Waals surface area contributed by atoms with E-state index in [1.54, 1.807) is 20.8 Å². The van der Waals surface area contributed by atoms with Crippen molar-refractivity contribution in [3.8, 4) is 0 Å². The summed E-state index contributed by atoms with van der Waals surface area (Å²) in [5, 5.41) is 149. The van der Waals surface area contributed by atoms with Crippen molar-refractivity contribution >= 4 is 154 Å². The van der Waals surface area contributed by atoms with E-state index in [0.29, 0.717) is 6.42 Å². The Morgan fingerprint density at radius 2 is 0.520 bits per heavy atom. The Bertz CT molecular complexity index is 4690. The summed E-state index contributed by atoms with van der Waals surface area (Å²) in [7, 11) is 0. The van der Waals surface area contributed by atoms with Gasteiger partial charge in [0.1, 0.15) is 115 Å². The van der Waals surface area contributed by atoms with Gasteiger partial charge in [0, 0.05) is 51.6 Å². The number of nitrogens with two attached hydrogens (primary N) is 2. The fourth-order valence-electron chi connectivity index (χ4n) is 15.2. The molecule has 58 heteroatoms. The number of hydrogen-bond donors (Lipinski definition) is 30. The molecule has 834 valence electrons. The average Bonchev–Trinajstić information content (AvgIpc) is 1.66. The quantitative estimate of drug-likeness (QED) is 0.0251. The summed E-state index contributed by atoms with van der Waals surface area (Å²) in [5.74, 6) is -34.4. The highest BCUT2D eigenvalue weighted by atomic mass is 16.4. The maximum atomic E-state index is 14.8. The van der Waals surface area contributed by atoms with Crippen LogP contribution in [0.2, 0.25) is 0 Å². The minimum Gasteiger partial charge on any atom is -0.481 e. The molecule has 32 N–H and O–H groups in total. The lowest BCUT2D eigenvalue weighted by molar-refractivity contribution is -0.146. The molecule has 25 atom stereocenters. The second kappa shape index (κ2) is 63.5. The van der Waals surface area contributed by atoms with Crippen LogP contribution in [0.4, 0.5) is 0 Å². The van der Waals surface area contributed by atoms with Gasteiger partial charge < -0.3 is 168 Å². The zero-order valence-corrected chi connectivity index (χ0v) is 84.9. The highest BCUT2D eigenvalue weighted by molar-refractivity contribution is 6.03. The number of carbonyl (C=O) groups excluding carboxylic acids is 19. The number of amides is 19. The molecular formula is C90H147N21O37. The largest absolute Gasteiger partial charge is 0.481 e. The van der Waals surface area contributed by atoms with Crippen LogP contribution in [0, 0.1) is 17.8 Å². The summed E-state index contributed by atoms with van der Waals surface area (Å²) < 4.78 is 0. The molecule has 0 aliphatic carbocycles. The van der Waals surface area contributed by atoms with Gasteiger partial charge in [-0.05, 0) is 163 Å². The first kappa shape index (κ1) is 130. The molecule has 0 radical (unpaired) electrons. The summed E-state index contributed by atoms with van der Waals surface area (Å²) in [5.41, 5.74) is 11.4. The zero-order valence-electron chi connectivity index (χ0n) is 84.9. The molecule has 0 bridgehead atoms. The topological polar surface area (TPSA) is 929 Å². The lowest BCUT2D eigenvalue weighted by Crippen LogP contribution is -2.63. The van der Waals surface area contributed by atoms with E-state index < -0.39 is 394 Å². The number of carbonyl (C=O) groups is 26. The number of aliphatic hydroxyl groups is 4. The predicted molar refractivity (Wildman–Crippen MR) is 511 cm³/mol.